The Kier molecular flexibility index (Phi) is 6.51. The van der Waals surface area contributed by atoms with Crippen LogP contribution in [0.4, 0.5) is 4.79 Å². The van der Waals surface area contributed by atoms with Crippen LogP contribution in [0, 0.1) is 5.92 Å². The minimum Gasteiger partial charge on any atom is -0.347 e. The third-order valence-corrected chi connectivity index (χ3v) is 4.93. The highest BCUT2D eigenvalue weighted by Crippen LogP contribution is 2.23. The maximum absolute atomic E-state index is 12.3. The molecule has 0 saturated carbocycles. The fourth-order valence-corrected chi connectivity index (χ4v) is 3.60. The monoisotopic (exact) mass is 334 g/mol. The van der Waals surface area contributed by atoms with Crippen molar-refractivity contribution >= 4 is 22.9 Å². The summed E-state index contributed by atoms with van der Waals surface area (Å²) in [4.78, 5) is 25.5. The lowest BCUT2D eigenvalue weighted by molar-refractivity contribution is -0.122. The predicted molar refractivity (Wildman–Crippen MR) is 95.6 cm³/mol. The van der Waals surface area contributed by atoms with Crippen LogP contribution in [0.1, 0.15) is 44.4 Å². The van der Waals surface area contributed by atoms with Gasteiger partial charge in [0.25, 0.3) is 5.24 Å². The summed E-state index contributed by atoms with van der Waals surface area (Å²) in [7, 11) is 0. The number of carbonyl (C=O) groups excluding carboxylic acids is 2. The molecule has 1 aliphatic heterocycles. The molecule has 1 fully saturated rings. The minimum atomic E-state index is -0.0859. The van der Waals surface area contributed by atoms with Crippen LogP contribution in [-0.4, -0.2) is 34.9 Å². The lowest BCUT2D eigenvalue weighted by Crippen LogP contribution is -2.40. The molecule has 0 spiro atoms. The van der Waals surface area contributed by atoms with Crippen molar-refractivity contribution in [2.75, 3.05) is 18.8 Å². The molecule has 4 nitrogen and oxygen atoms in total. The van der Waals surface area contributed by atoms with Gasteiger partial charge in [-0.2, -0.15) is 0 Å². The fourth-order valence-electron chi connectivity index (χ4n) is 2.78. The van der Waals surface area contributed by atoms with Gasteiger partial charge < -0.3 is 10.2 Å². The number of hydrogen-bond donors (Lipinski definition) is 1. The molecule has 2 rings (SSSR count). The zero-order valence-corrected chi connectivity index (χ0v) is 15.0. The van der Waals surface area contributed by atoms with Crippen LogP contribution in [0.2, 0.25) is 0 Å². The summed E-state index contributed by atoms with van der Waals surface area (Å²) in [6.07, 6.45) is 2.21. The van der Waals surface area contributed by atoms with E-state index in [1.807, 2.05) is 0 Å². The topological polar surface area (TPSA) is 49.4 Å². The summed E-state index contributed by atoms with van der Waals surface area (Å²) < 4.78 is 0. The van der Waals surface area contributed by atoms with E-state index in [1.165, 1.54) is 17.3 Å². The van der Waals surface area contributed by atoms with E-state index in [-0.39, 0.29) is 23.7 Å². The Morgan fingerprint density at radius 2 is 2.00 bits per heavy atom. The predicted octanol–water partition coefficient (Wildman–Crippen LogP) is 3.62. The summed E-state index contributed by atoms with van der Waals surface area (Å²) in [5.41, 5.74) is 2.44. The smallest absolute Gasteiger partial charge is 0.282 e. The molecule has 1 atom stereocenters. The van der Waals surface area contributed by atoms with Crippen molar-refractivity contribution in [2.45, 2.75) is 39.7 Å². The summed E-state index contributed by atoms with van der Waals surface area (Å²) in [5.74, 6) is 0.982. The second kappa shape index (κ2) is 8.39. The molecule has 2 amide bonds. The van der Waals surface area contributed by atoms with E-state index in [0.29, 0.717) is 12.5 Å². The normalized spacial score (nSPS) is 16.0. The van der Waals surface area contributed by atoms with Crippen LogP contribution >= 0.6 is 11.8 Å². The van der Waals surface area contributed by atoms with Crippen LogP contribution in [0.3, 0.4) is 0 Å². The molecule has 5 heteroatoms. The molecule has 1 N–H and O–H groups in total. The van der Waals surface area contributed by atoms with Gasteiger partial charge in [-0.15, -0.1) is 0 Å². The number of amides is 2. The van der Waals surface area contributed by atoms with Gasteiger partial charge in [-0.1, -0.05) is 63.2 Å². The largest absolute Gasteiger partial charge is 0.347 e. The van der Waals surface area contributed by atoms with Gasteiger partial charge in [-0.05, 0) is 23.5 Å². The average molecular weight is 334 g/mol. The van der Waals surface area contributed by atoms with Crippen molar-refractivity contribution in [1.82, 2.24) is 10.2 Å². The van der Waals surface area contributed by atoms with Crippen LogP contribution in [0.15, 0.2) is 24.3 Å². The Hall–Kier alpha value is -1.49. The molecular weight excluding hydrogens is 308 g/mol. The third kappa shape index (κ3) is 4.99. The number of benzene rings is 1. The van der Waals surface area contributed by atoms with Crippen LogP contribution in [0.25, 0.3) is 0 Å². The molecule has 23 heavy (non-hydrogen) atoms. The molecule has 1 aliphatic rings. The molecule has 0 bridgehead atoms. The van der Waals surface area contributed by atoms with Crippen molar-refractivity contribution in [3.63, 3.8) is 0 Å². The van der Waals surface area contributed by atoms with Crippen molar-refractivity contribution in [1.29, 1.82) is 0 Å². The van der Waals surface area contributed by atoms with Gasteiger partial charge in [-0.3, -0.25) is 9.59 Å². The molecule has 1 saturated heterocycles. The lowest BCUT2D eigenvalue weighted by Gasteiger charge is -2.24. The van der Waals surface area contributed by atoms with E-state index >= 15 is 0 Å². The highest BCUT2D eigenvalue weighted by Gasteiger charge is 2.25. The highest BCUT2D eigenvalue weighted by molar-refractivity contribution is 8.13. The number of nitrogens with one attached hydrogen (secondary N) is 1. The van der Waals surface area contributed by atoms with E-state index in [4.69, 9.17) is 0 Å². The van der Waals surface area contributed by atoms with Gasteiger partial charge in [0.15, 0.2) is 0 Å². The summed E-state index contributed by atoms with van der Waals surface area (Å²) in [5, 5.41) is 3.09. The molecule has 1 heterocycles. The van der Waals surface area contributed by atoms with Gasteiger partial charge in [0.2, 0.25) is 5.91 Å². The summed E-state index contributed by atoms with van der Waals surface area (Å²) in [6.45, 7) is 7.18. The van der Waals surface area contributed by atoms with Crippen LogP contribution in [0.5, 0.6) is 0 Å². The maximum atomic E-state index is 12.3. The van der Waals surface area contributed by atoms with Crippen molar-refractivity contribution in [3.8, 4) is 0 Å². The lowest BCUT2D eigenvalue weighted by atomic mass is 9.94. The number of aryl methyl sites for hydroxylation is 1. The van der Waals surface area contributed by atoms with Crippen LogP contribution < -0.4 is 5.32 Å². The number of nitrogens with zero attached hydrogens (tertiary/aromatic N) is 1. The first-order valence-electron chi connectivity index (χ1n) is 8.31. The molecular formula is C18H26N2O2S. The number of hydrogen-bond acceptors (Lipinski definition) is 3. The number of thioether (sulfide) groups is 1. The zero-order chi connectivity index (χ0) is 16.8. The molecule has 0 aliphatic carbocycles. The average Bonchev–Trinajstić information content (AvgIpc) is 2.91. The van der Waals surface area contributed by atoms with E-state index in [2.05, 4.69) is 50.4 Å². The van der Waals surface area contributed by atoms with Gasteiger partial charge in [0.05, 0.1) is 6.04 Å². The van der Waals surface area contributed by atoms with Crippen molar-refractivity contribution < 1.29 is 9.59 Å². The standard InChI is InChI=1S/C18H26N2O2S/c1-4-5-14-6-8-15(9-7-14)17(13(2)3)19-16(21)12-20-10-11-23-18(20)22/h6-9,13,17H,4-5,10-12H2,1-3H3,(H,19,21). The van der Waals surface area contributed by atoms with E-state index in [9.17, 15) is 9.59 Å². The molecule has 1 aromatic rings. The Balaban J connectivity index is 2.00. The second-order valence-electron chi connectivity index (χ2n) is 6.32. The Labute approximate surface area is 143 Å². The van der Waals surface area contributed by atoms with Gasteiger partial charge in [0, 0.05) is 12.3 Å². The maximum Gasteiger partial charge on any atom is 0.282 e. The Morgan fingerprint density at radius 3 is 2.52 bits per heavy atom. The molecule has 1 aromatic carbocycles. The van der Waals surface area contributed by atoms with E-state index in [1.54, 1.807) is 4.90 Å². The summed E-state index contributed by atoms with van der Waals surface area (Å²) >= 11 is 1.28. The van der Waals surface area contributed by atoms with Crippen LogP contribution in [-0.2, 0) is 11.2 Å². The van der Waals surface area contributed by atoms with E-state index in [0.717, 1.165) is 24.2 Å². The second-order valence-corrected chi connectivity index (χ2v) is 7.36. The molecule has 0 aromatic heterocycles. The van der Waals surface area contributed by atoms with Crippen molar-refractivity contribution in [3.05, 3.63) is 35.4 Å². The van der Waals surface area contributed by atoms with Gasteiger partial charge >= 0.3 is 0 Å². The number of rotatable bonds is 7. The quantitative estimate of drug-likeness (QED) is 0.828. The van der Waals surface area contributed by atoms with Gasteiger partial charge in [0.1, 0.15) is 6.54 Å². The van der Waals surface area contributed by atoms with Gasteiger partial charge in [-0.25, -0.2) is 0 Å². The Morgan fingerprint density at radius 1 is 1.30 bits per heavy atom. The first-order chi connectivity index (χ1) is 11.0. The minimum absolute atomic E-state index is 0.00478. The van der Waals surface area contributed by atoms with E-state index < -0.39 is 0 Å². The summed E-state index contributed by atoms with van der Waals surface area (Å²) in [6, 6.07) is 8.46. The first kappa shape index (κ1) is 17.9. The third-order valence-electron chi connectivity index (χ3n) is 4.04. The Bertz CT molecular complexity index is 542. The highest BCUT2D eigenvalue weighted by atomic mass is 32.2. The number of carbonyl (C=O) groups is 2. The SMILES string of the molecule is CCCc1ccc(C(NC(=O)CN2CCSC2=O)C(C)C)cc1. The molecule has 1 unspecified atom stereocenters. The molecule has 0 radical (unpaired) electrons. The van der Waals surface area contributed by atoms with Crippen molar-refractivity contribution in [2.24, 2.45) is 5.92 Å². The molecule has 126 valence electrons. The first-order valence-corrected chi connectivity index (χ1v) is 9.29. The fraction of sp³-hybridized carbons (Fsp3) is 0.556. The zero-order valence-electron chi connectivity index (χ0n) is 14.2.